The van der Waals surface area contributed by atoms with Crippen LogP contribution < -0.4 is 5.73 Å². The smallest absolute Gasteiger partial charge is 0.230 e. The Labute approximate surface area is 108 Å². The number of thioether (sulfide) groups is 1. The van der Waals surface area contributed by atoms with Crippen LogP contribution in [0.1, 0.15) is 6.92 Å². The van der Waals surface area contributed by atoms with Gasteiger partial charge in [-0.25, -0.2) is 4.98 Å². The van der Waals surface area contributed by atoms with Crippen LogP contribution in [-0.2, 0) is 4.79 Å². The molecule has 88 valence electrons. The summed E-state index contributed by atoms with van der Waals surface area (Å²) in [6.45, 7) is 1.79. The molecule has 1 heterocycles. The quantitative estimate of drug-likeness (QED) is 0.864. The summed E-state index contributed by atoms with van der Waals surface area (Å²) in [5, 5.41) is 1.75. The van der Waals surface area contributed by atoms with E-state index in [-0.39, 0.29) is 11.2 Å². The number of nitrogens with two attached hydrogens (primary N) is 1. The maximum absolute atomic E-state index is 11.0. The fourth-order valence-electron chi connectivity index (χ4n) is 1.26. The van der Waals surface area contributed by atoms with Crippen LogP contribution in [0, 0.1) is 0 Å². The summed E-state index contributed by atoms with van der Waals surface area (Å²) in [4.78, 5) is 15.4. The lowest BCUT2D eigenvalue weighted by Crippen LogP contribution is -2.22. The minimum absolute atomic E-state index is 0.246. The maximum atomic E-state index is 11.0. The van der Waals surface area contributed by atoms with E-state index in [9.17, 15) is 4.79 Å². The molecule has 0 radical (unpaired) electrons. The molecule has 0 aliphatic carbocycles. The molecule has 1 aromatic carbocycles. The van der Waals surface area contributed by atoms with Crippen molar-refractivity contribution in [1.82, 2.24) is 4.98 Å². The first kappa shape index (κ1) is 12.1. The first-order valence-corrected chi connectivity index (χ1v) is 6.89. The molecule has 5 heteroatoms. The first-order chi connectivity index (χ1) is 8.16. The van der Waals surface area contributed by atoms with Gasteiger partial charge in [-0.05, 0) is 6.92 Å². The normalized spacial score (nSPS) is 12.3. The van der Waals surface area contributed by atoms with Gasteiger partial charge >= 0.3 is 0 Å². The second kappa shape index (κ2) is 5.33. The third kappa shape index (κ3) is 3.08. The number of benzene rings is 1. The Balaban J connectivity index is 2.14. The number of aromatic nitrogens is 1. The number of hydrogen-bond donors (Lipinski definition) is 1. The van der Waals surface area contributed by atoms with Gasteiger partial charge in [0.25, 0.3) is 0 Å². The van der Waals surface area contributed by atoms with Crippen LogP contribution in [0.4, 0.5) is 0 Å². The van der Waals surface area contributed by atoms with Gasteiger partial charge in [-0.1, -0.05) is 42.1 Å². The second-order valence-corrected chi connectivity index (χ2v) is 5.97. The number of carbonyl (C=O) groups is 1. The Bertz CT molecular complexity index is 510. The maximum Gasteiger partial charge on any atom is 0.230 e. The van der Waals surface area contributed by atoms with Crippen molar-refractivity contribution in [2.24, 2.45) is 5.73 Å². The van der Waals surface area contributed by atoms with E-state index in [4.69, 9.17) is 5.73 Å². The summed E-state index contributed by atoms with van der Waals surface area (Å²) in [6.07, 6.45) is 0. The van der Waals surface area contributed by atoms with Crippen molar-refractivity contribution in [1.29, 1.82) is 0 Å². The molecule has 17 heavy (non-hydrogen) atoms. The standard InChI is InChI=1S/C12H12N2OS2/c1-8(11(13)15)17-12-14-10(7-16-12)9-5-3-2-4-6-9/h2-8H,1H3,(H2,13,15)/t8-/m1/s1. The van der Waals surface area contributed by atoms with E-state index in [0.717, 1.165) is 15.6 Å². The van der Waals surface area contributed by atoms with Crippen LogP contribution >= 0.6 is 23.1 Å². The van der Waals surface area contributed by atoms with Crippen LogP contribution in [0.15, 0.2) is 40.1 Å². The number of hydrogen-bond acceptors (Lipinski definition) is 4. The van der Waals surface area contributed by atoms with Crippen molar-refractivity contribution < 1.29 is 4.79 Å². The largest absolute Gasteiger partial charge is 0.369 e. The van der Waals surface area contributed by atoms with Crippen LogP contribution in [0.3, 0.4) is 0 Å². The van der Waals surface area contributed by atoms with Gasteiger partial charge in [-0.15, -0.1) is 11.3 Å². The van der Waals surface area contributed by atoms with Crippen molar-refractivity contribution in [3.63, 3.8) is 0 Å². The Kier molecular flexibility index (Phi) is 3.81. The summed E-state index contributed by atoms with van der Waals surface area (Å²) in [6, 6.07) is 9.96. The average Bonchev–Trinajstić information content (AvgIpc) is 2.78. The summed E-state index contributed by atoms with van der Waals surface area (Å²) < 4.78 is 0.871. The van der Waals surface area contributed by atoms with Crippen LogP contribution in [0.2, 0.25) is 0 Å². The molecule has 0 saturated heterocycles. The van der Waals surface area contributed by atoms with E-state index in [1.54, 1.807) is 6.92 Å². The minimum Gasteiger partial charge on any atom is -0.369 e. The highest BCUT2D eigenvalue weighted by Gasteiger charge is 2.13. The van der Waals surface area contributed by atoms with E-state index in [1.165, 1.54) is 23.1 Å². The zero-order valence-corrected chi connectivity index (χ0v) is 10.9. The molecule has 2 rings (SSSR count). The summed E-state index contributed by atoms with van der Waals surface area (Å²) in [5.41, 5.74) is 7.24. The third-order valence-electron chi connectivity index (χ3n) is 2.23. The van der Waals surface area contributed by atoms with Gasteiger partial charge < -0.3 is 5.73 Å². The number of primary amides is 1. The van der Waals surface area contributed by atoms with Crippen molar-refractivity contribution in [2.45, 2.75) is 16.5 Å². The zero-order chi connectivity index (χ0) is 12.3. The summed E-state index contributed by atoms with van der Waals surface area (Å²) in [7, 11) is 0. The topological polar surface area (TPSA) is 56.0 Å². The SMILES string of the molecule is C[C@@H](Sc1nc(-c2ccccc2)cs1)C(N)=O. The molecule has 0 aliphatic heterocycles. The fourth-order valence-corrected chi connectivity index (χ4v) is 3.18. The highest BCUT2D eigenvalue weighted by Crippen LogP contribution is 2.30. The summed E-state index contributed by atoms with van der Waals surface area (Å²) >= 11 is 2.93. The molecule has 3 nitrogen and oxygen atoms in total. The van der Waals surface area contributed by atoms with Crippen molar-refractivity contribution in [3.05, 3.63) is 35.7 Å². The molecular formula is C12H12N2OS2. The van der Waals surface area contributed by atoms with Gasteiger partial charge in [0.15, 0.2) is 4.34 Å². The number of carbonyl (C=O) groups excluding carboxylic acids is 1. The van der Waals surface area contributed by atoms with Crippen molar-refractivity contribution in [3.8, 4) is 11.3 Å². The molecule has 0 fully saturated rings. The van der Waals surface area contributed by atoms with Gasteiger partial charge in [0.05, 0.1) is 10.9 Å². The van der Waals surface area contributed by atoms with E-state index < -0.39 is 0 Å². The van der Waals surface area contributed by atoms with Crippen LogP contribution in [0.5, 0.6) is 0 Å². The van der Waals surface area contributed by atoms with Crippen molar-refractivity contribution >= 4 is 29.0 Å². The van der Waals surface area contributed by atoms with Gasteiger partial charge in [-0.2, -0.15) is 0 Å². The number of thiazole rings is 1. The fraction of sp³-hybridized carbons (Fsp3) is 0.167. The molecule has 1 atom stereocenters. The lowest BCUT2D eigenvalue weighted by molar-refractivity contribution is -0.117. The lowest BCUT2D eigenvalue weighted by atomic mass is 10.2. The molecule has 2 aromatic rings. The highest BCUT2D eigenvalue weighted by molar-refractivity contribution is 8.02. The zero-order valence-electron chi connectivity index (χ0n) is 9.29. The number of nitrogens with zero attached hydrogens (tertiary/aromatic N) is 1. The third-order valence-corrected chi connectivity index (χ3v) is 4.32. The van der Waals surface area contributed by atoms with E-state index in [0.29, 0.717) is 0 Å². The highest BCUT2D eigenvalue weighted by atomic mass is 32.2. The summed E-state index contributed by atoms with van der Waals surface area (Å²) in [5.74, 6) is -0.313. The molecule has 1 aromatic heterocycles. The lowest BCUT2D eigenvalue weighted by Gasteiger charge is -2.02. The second-order valence-electron chi connectivity index (χ2n) is 3.53. The van der Waals surface area contributed by atoms with Crippen molar-refractivity contribution in [2.75, 3.05) is 0 Å². The number of rotatable bonds is 4. The van der Waals surface area contributed by atoms with Gasteiger partial charge in [-0.3, -0.25) is 4.79 Å². The number of amides is 1. The minimum atomic E-state index is -0.313. The molecule has 1 amide bonds. The molecule has 0 saturated carbocycles. The predicted molar refractivity (Wildman–Crippen MR) is 72.1 cm³/mol. The molecular weight excluding hydrogens is 252 g/mol. The monoisotopic (exact) mass is 264 g/mol. The Morgan fingerprint density at radius 1 is 1.41 bits per heavy atom. The van der Waals surface area contributed by atoms with E-state index >= 15 is 0 Å². The van der Waals surface area contributed by atoms with Gasteiger partial charge in [0.1, 0.15) is 0 Å². The van der Waals surface area contributed by atoms with E-state index in [1.807, 2.05) is 35.7 Å². The Morgan fingerprint density at radius 3 is 2.76 bits per heavy atom. The molecule has 0 bridgehead atoms. The first-order valence-electron chi connectivity index (χ1n) is 5.14. The molecule has 2 N–H and O–H groups in total. The molecule has 0 unspecified atom stereocenters. The Hall–Kier alpha value is -1.33. The van der Waals surface area contributed by atoms with Crippen LogP contribution in [-0.4, -0.2) is 16.1 Å². The molecule has 0 spiro atoms. The van der Waals surface area contributed by atoms with Crippen LogP contribution in [0.25, 0.3) is 11.3 Å². The van der Waals surface area contributed by atoms with E-state index in [2.05, 4.69) is 4.98 Å². The molecule has 0 aliphatic rings. The average molecular weight is 264 g/mol. The van der Waals surface area contributed by atoms with Gasteiger partial charge in [0, 0.05) is 10.9 Å². The predicted octanol–water partition coefficient (Wildman–Crippen LogP) is 2.78. The van der Waals surface area contributed by atoms with Gasteiger partial charge in [0.2, 0.25) is 5.91 Å². The Morgan fingerprint density at radius 2 is 2.12 bits per heavy atom.